The second-order valence-electron chi connectivity index (χ2n) is 16.0. The number of carbonyl (C=O) groups excluding carboxylic acids is 1. The van der Waals surface area contributed by atoms with Crippen molar-refractivity contribution in [3.63, 3.8) is 0 Å². The maximum Gasteiger partial charge on any atom is 0.187 e. The quantitative estimate of drug-likeness (QED) is 0.166. The zero-order chi connectivity index (χ0) is 33.5. The maximum absolute atomic E-state index is 13.4. The molecule has 0 spiro atoms. The summed E-state index contributed by atoms with van der Waals surface area (Å²) < 4.78 is 11.4. The highest BCUT2D eigenvalue weighted by Crippen LogP contribution is 2.68. The summed E-state index contributed by atoms with van der Waals surface area (Å²) in [6, 6.07) is 0. The molecule has 0 unspecified atom stereocenters. The Balaban J connectivity index is 1.30. The highest BCUT2D eigenvalue weighted by Gasteiger charge is 2.69. The number of hydrogen-bond acceptors (Lipinski definition) is 12. The summed E-state index contributed by atoms with van der Waals surface area (Å²) in [6.45, 7) is 8.30. The first-order chi connectivity index (χ1) is 20.7. The van der Waals surface area contributed by atoms with E-state index >= 15 is 0 Å². The number of rotatable bonds is 8. The maximum atomic E-state index is 13.4. The first kappa shape index (κ1) is 35.3. The SMILES string of the molecule is CC(C)(CC[C@@H](O)[C@@](C)(O)[C@H]1CC[C@@]2(O)C3=CC(=O)[C@H]4C[C@@H](O)[C@@H](O)C[C@]4(C)[C@@H]3CC[C@]12C)O[C@H]1O[C@@H](CO)[C@@H](O)[C@@H](O)[C@H]1O. The molecule has 0 bridgehead atoms. The van der Waals surface area contributed by atoms with E-state index in [1.165, 1.54) is 0 Å². The third kappa shape index (κ3) is 5.55. The monoisotopic (exact) mass is 642 g/mol. The van der Waals surface area contributed by atoms with Crippen LogP contribution in [-0.4, -0.2) is 124 Å². The van der Waals surface area contributed by atoms with Gasteiger partial charge in [0.1, 0.15) is 24.4 Å². The van der Waals surface area contributed by atoms with Crippen LogP contribution in [0.4, 0.5) is 0 Å². The number of ketones is 1. The molecule has 45 heavy (non-hydrogen) atoms. The van der Waals surface area contributed by atoms with Gasteiger partial charge in [-0.1, -0.05) is 13.8 Å². The van der Waals surface area contributed by atoms with Crippen molar-refractivity contribution in [2.24, 2.45) is 28.6 Å². The summed E-state index contributed by atoms with van der Waals surface area (Å²) >= 11 is 0. The van der Waals surface area contributed by atoms with Crippen LogP contribution in [0, 0.1) is 28.6 Å². The van der Waals surface area contributed by atoms with E-state index in [9.17, 15) is 50.8 Å². The van der Waals surface area contributed by atoms with E-state index in [0.717, 1.165) is 0 Å². The Labute approximate surface area is 264 Å². The Morgan fingerprint density at radius 2 is 1.67 bits per heavy atom. The fraction of sp³-hybridized carbons (Fsp3) is 0.909. The Morgan fingerprint density at radius 1 is 1.00 bits per heavy atom. The Bertz CT molecular complexity index is 1150. The molecule has 0 aromatic heterocycles. The molecule has 1 saturated heterocycles. The van der Waals surface area contributed by atoms with E-state index in [4.69, 9.17) is 9.47 Å². The van der Waals surface area contributed by atoms with E-state index in [1.807, 2.05) is 13.8 Å². The van der Waals surface area contributed by atoms with Crippen LogP contribution in [0.15, 0.2) is 11.6 Å². The Morgan fingerprint density at radius 3 is 2.31 bits per heavy atom. The van der Waals surface area contributed by atoms with Crippen molar-refractivity contribution in [3.8, 4) is 0 Å². The Hall–Kier alpha value is -1.03. The van der Waals surface area contributed by atoms with Crippen LogP contribution in [-0.2, 0) is 14.3 Å². The fourth-order valence-corrected chi connectivity index (χ4v) is 9.85. The summed E-state index contributed by atoms with van der Waals surface area (Å²) in [5.41, 5.74) is -4.84. The van der Waals surface area contributed by atoms with Crippen molar-refractivity contribution >= 4 is 5.78 Å². The van der Waals surface area contributed by atoms with E-state index in [0.29, 0.717) is 31.3 Å². The number of ether oxygens (including phenoxy) is 2. The van der Waals surface area contributed by atoms with Gasteiger partial charge in [-0.15, -0.1) is 0 Å². The van der Waals surface area contributed by atoms with Gasteiger partial charge in [-0.25, -0.2) is 0 Å². The fourth-order valence-electron chi connectivity index (χ4n) is 9.85. The minimum atomic E-state index is -1.62. The molecule has 12 heteroatoms. The van der Waals surface area contributed by atoms with Crippen LogP contribution in [0.2, 0.25) is 0 Å². The van der Waals surface area contributed by atoms with Crippen LogP contribution in [0.25, 0.3) is 0 Å². The van der Waals surface area contributed by atoms with Gasteiger partial charge in [-0.2, -0.15) is 0 Å². The van der Waals surface area contributed by atoms with Crippen molar-refractivity contribution in [3.05, 3.63) is 11.6 Å². The van der Waals surface area contributed by atoms with Gasteiger partial charge in [0.25, 0.3) is 0 Å². The molecule has 0 aromatic carbocycles. The second-order valence-corrected chi connectivity index (χ2v) is 16.0. The van der Waals surface area contributed by atoms with E-state index in [2.05, 4.69) is 0 Å². The largest absolute Gasteiger partial charge is 0.394 e. The van der Waals surface area contributed by atoms with Crippen molar-refractivity contribution < 1.29 is 60.2 Å². The lowest BCUT2D eigenvalue weighted by Crippen LogP contribution is -2.63. The first-order valence-corrected chi connectivity index (χ1v) is 16.5. The van der Waals surface area contributed by atoms with E-state index in [-0.39, 0.29) is 37.4 Å². The number of allylic oxidation sites excluding steroid dienone is 1. The molecule has 1 heterocycles. The number of aliphatic hydroxyl groups excluding tert-OH is 7. The molecule has 0 radical (unpaired) electrons. The predicted molar refractivity (Wildman–Crippen MR) is 159 cm³/mol. The lowest BCUT2D eigenvalue weighted by atomic mass is 9.45. The summed E-state index contributed by atoms with van der Waals surface area (Å²) in [7, 11) is 0. The van der Waals surface area contributed by atoms with Crippen molar-refractivity contribution in [1.82, 2.24) is 0 Å². The molecule has 258 valence electrons. The molecule has 4 fully saturated rings. The highest BCUT2D eigenvalue weighted by atomic mass is 16.7. The molecule has 12 nitrogen and oxygen atoms in total. The van der Waals surface area contributed by atoms with E-state index < -0.39 is 95.1 Å². The zero-order valence-corrected chi connectivity index (χ0v) is 27.0. The van der Waals surface area contributed by atoms with E-state index in [1.54, 1.807) is 26.8 Å². The lowest BCUT2D eigenvalue weighted by molar-refractivity contribution is -0.324. The number of hydrogen-bond donors (Lipinski definition) is 9. The predicted octanol–water partition coefficient (Wildman–Crippen LogP) is -0.322. The van der Waals surface area contributed by atoms with Crippen LogP contribution >= 0.6 is 0 Å². The molecule has 3 saturated carbocycles. The standard InChI is InChI=1S/C33H54O12/c1-29(2,45-28-27(41)26(40)25(39)22(15-34)44-28)9-8-24(38)32(5,42)23-7-11-33(43)17-12-19(35)18-13-20(36)21(37)14-30(18,3)16(17)6-10-31(23,33)4/h12,16,18,20-28,34,36-43H,6-11,13-15H2,1-5H3/t16-,18-,20-,21+,22+,23+,24-,25-,26-,27-,28-,30-,31-,32+,33-/m1/s1. The van der Waals surface area contributed by atoms with Crippen LogP contribution in [0.5, 0.6) is 0 Å². The topological polar surface area (TPSA) is 218 Å². The molecule has 4 aliphatic carbocycles. The molecule has 0 aromatic rings. The summed E-state index contributed by atoms with van der Waals surface area (Å²) in [5.74, 6) is -1.26. The third-order valence-electron chi connectivity index (χ3n) is 12.8. The highest BCUT2D eigenvalue weighted by molar-refractivity contribution is 5.95. The number of aliphatic hydroxyl groups is 9. The minimum Gasteiger partial charge on any atom is -0.394 e. The summed E-state index contributed by atoms with van der Waals surface area (Å²) in [5, 5.41) is 96.7. The number of fused-ring (bicyclic) bond motifs is 5. The van der Waals surface area contributed by atoms with Crippen LogP contribution in [0.3, 0.4) is 0 Å². The number of carbonyl (C=O) groups is 1. The van der Waals surface area contributed by atoms with Crippen molar-refractivity contribution in [2.45, 2.75) is 152 Å². The van der Waals surface area contributed by atoms with Gasteiger partial charge in [-0.3, -0.25) is 4.79 Å². The average molecular weight is 643 g/mol. The van der Waals surface area contributed by atoms with Gasteiger partial charge in [0, 0.05) is 11.3 Å². The average Bonchev–Trinajstić information content (AvgIpc) is 3.25. The molecular weight excluding hydrogens is 588 g/mol. The normalized spacial score (nSPS) is 48.9. The van der Waals surface area contributed by atoms with Gasteiger partial charge in [0.2, 0.25) is 0 Å². The molecule has 1 aliphatic heterocycles. The Kier molecular flexibility index (Phi) is 9.28. The molecule has 0 amide bonds. The van der Waals surface area contributed by atoms with Gasteiger partial charge >= 0.3 is 0 Å². The molecule has 5 aliphatic rings. The zero-order valence-electron chi connectivity index (χ0n) is 27.0. The third-order valence-corrected chi connectivity index (χ3v) is 12.8. The van der Waals surface area contributed by atoms with Crippen molar-refractivity contribution in [2.75, 3.05) is 6.61 Å². The lowest BCUT2D eigenvalue weighted by Gasteiger charge is -2.60. The van der Waals surface area contributed by atoms with Gasteiger partial charge < -0.3 is 55.4 Å². The second kappa shape index (κ2) is 11.8. The van der Waals surface area contributed by atoms with Gasteiger partial charge in [0.15, 0.2) is 12.1 Å². The van der Waals surface area contributed by atoms with Crippen LogP contribution < -0.4 is 0 Å². The van der Waals surface area contributed by atoms with Gasteiger partial charge in [-0.05, 0) is 101 Å². The molecule has 9 N–H and O–H groups in total. The first-order valence-electron chi connectivity index (χ1n) is 16.5. The molecular formula is C33H54O12. The van der Waals surface area contributed by atoms with Crippen molar-refractivity contribution in [1.29, 1.82) is 0 Å². The van der Waals surface area contributed by atoms with Gasteiger partial charge in [0.05, 0.1) is 41.7 Å². The van der Waals surface area contributed by atoms with Crippen LogP contribution in [0.1, 0.15) is 86.0 Å². The summed E-state index contributed by atoms with van der Waals surface area (Å²) in [4.78, 5) is 13.4. The summed E-state index contributed by atoms with van der Waals surface area (Å²) in [6.07, 6.45) is -6.04. The smallest absolute Gasteiger partial charge is 0.187 e. The molecule has 5 rings (SSSR count). The minimum absolute atomic E-state index is 0.0895. The molecule has 15 atom stereocenters.